The van der Waals surface area contributed by atoms with Crippen LogP contribution in [-0.2, 0) is 0 Å². The highest BCUT2D eigenvalue weighted by Crippen LogP contribution is 2.14. The predicted molar refractivity (Wildman–Crippen MR) is 49.9 cm³/mol. The van der Waals surface area contributed by atoms with Gasteiger partial charge in [0.15, 0.2) is 5.78 Å². The number of pyridine rings is 1. The minimum Gasteiger partial charge on any atom is -0.306 e. The van der Waals surface area contributed by atoms with E-state index in [4.69, 9.17) is 0 Å². The molecular formula is C10H10N2O. The van der Waals surface area contributed by atoms with Crippen LogP contribution in [0.5, 0.6) is 0 Å². The number of Topliss-reactive ketones (excluding diaryl/α,β-unsaturated/α-hetero) is 1. The number of hydrogen-bond acceptors (Lipinski definition) is 2. The molecule has 0 atom stereocenters. The first-order valence-electron chi connectivity index (χ1n) is 4.13. The van der Waals surface area contributed by atoms with Crippen LogP contribution >= 0.6 is 0 Å². The van der Waals surface area contributed by atoms with Crippen molar-refractivity contribution in [2.45, 2.75) is 13.8 Å². The summed E-state index contributed by atoms with van der Waals surface area (Å²) in [5, 5.41) is 0. The third-order valence-electron chi connectivity index (χ3n) is 2.12. The molecule has 0 unspecified atom stereocenters. The number of aryl methyl sites for hydroxylation is 1. The second kappa shape index (κ2) is 2.69. The van der Waals surface area contributed by atoms with Crippen LogP contribution in [-0.4, -0.2) is 15.2 Å². The molecule has 3 nitrogen and oxygen atoms in total. The highest BCUT2D eigenvalue weighted by molar-refractivity contribution is 6.01. The van der Waals surface area contributed by atoms with Gasteiger partial charge in [-0.1, -0.05) is 0 Å². The number of hydrogen-bond donors (Lipinski definition) is 0. The Morgan fingerprint density at radius 1 is 1.46 bits per heavy atom. The maximum Gasteiger partial charge on any atom is 0.163 e. The van der Waals surface area contributed by atoms with E-state index in [0.29, 0.717) is 5.56 Å². The molecule has 66 valence electrons. The van der Waals surface area contributed by atoms with Crippen LogP contribution < -0.4 is 0 Å². The van der Waals surface area contributed by atoms with E-state index in [9.17, 15) is 4.79 Å². The number of fused-ring (bicyclic) bond motifs is 1. The average molecular weight is 174 g/mol. The lowest BCUT2D eigenvalue weighted by Crippen LogP contribution is -2.00. The quantitative estimate of drug-likeness (QED) is 0.618. The topological polar surface area (TPSA) is 34.4 Å². The van der Waals surface area contributed by atoms with Crippen LogP contribution in [0.2, 0.25) is 0 Å². The Morgan fingerprint density at radius 3 is 2.92 bits per heavy atom. The Morgan fingerprint density at radius 2 is 2.23 bits per heavy atom. The zero-order valence-electron chi connectivity index (χ0n) is 7.61. The third kappa shape index (κ3) is 1.13. The zero-order chi connectivity index (χ0) is 9.42. The van der Waals surface area contributed by atoms with E-state index in [0.717, 1.165) is 11.2 Å². The molecule has 0 aliphatic rings. The van der Waals surface area contributed by atoms with Crippen LogP contribution in [0.25, 0.3) is 5.65 Å². The Bertz CT molecular complexity index is 471. The van der Waals surface area contributed by atoms with Crippen LogP contribution in [0, 0.1) is 6.92 Å². The monoisotopic (exact) mass is 174 g/mol. The minimum absolute atomic E-state index is 0.0642. The number of rotatable bonds is 1. The van der Waals surface area contributed by atoms with Crippen LogP contribution in [0.15, 0.2) is 24.7 Å². The fourth-order valence-electron chi connectivity index (χ4n) is 1.51. The van der Waals surface area contributed by atoms with Gasteiger partial charge in [0.25, 0.3) is 0 Å². The maximum atomic E-state index is 11.3. The second-order valence-corrected chi connectivity index (χ2v) is 3.09. The minimum atomic E-state index is 0.0642. The molecule has 2 aromatic heterocycles. The summed E-state index contributed by atoms with van der Waals surface area (Å²) >= 11 is 0. The normalized spacial score (nSPS) is 10.6. The van der Waals surface area contributed by atoms with Crippen molar-refractivity contribution in [3.8, 4) is 0 Å². The first-order chi connectivity index (χ1) is 6.20. The highest BCUT2D eigenvalue weighted by Gasteiger charge is 2.09. The van der Waals surface area contributed by atoms with E-state index >= 15 is 0 Å². The molecule has 3 heteroatoms. The molecule has 0 fully saturated rings. The van der Waals surface area contributed by atoms with Crippen molar-refractivity contribution in [3.63, 3.8) is 0 Å². The van der Waals surface area contributed by atoms with Crippen molar-refractivity contribution in [1.29, 1.82) is 0 Å². The maximum absolute atomic E-state index is 11.3. The van der Waals surface area contributed by atoms with Gasteiger partial charge in [-0.25, -0.2) is 4.98 Å². The summed E-state index contributed by atoms with van der Waals surface area (Å²) in [6.45, 7) is 3.49. The summed E-state index contributed by atoms with van der Waals surface area (Å²) in [6, 6.07) is 1.92. The lowest BCUT2D eigenvalue weighted by Gasteiger charge is -2.03. The smallest absolute Gasteiger partial charge is 0.163 e. The molecule has 13 heavy (non-hydrogen) atoms. The Balaban J connectivity index is 2.88. The zero-order valence-corrected chi connectivity index (χ0v) is 7.61. The number of aromatic nitrogens is 2. The lowest BCUT2D eigenvalue weighted by atomic mass is 10.1. The highest BCUT2D eigenvalue weighted by atomic mass is 16.1. The second-order valence-electron chi connectivity index (χ2n) is 3.09. The van der Waals surface area contributed by atoms with Crippen molar-refractivity contribution in [2.24, 2.45) is 0 Å². The van der Waals surface area contributed by atoms with Gasteiger partial charge in [-0.3, -0.25) is 4.79 Å². The summed E-state index contributed by atoms with van der Waals surface area (Å²) in [7, 11) is 0. The molecule has 0 N–H and O–H groups in total. The molecule has 0 saturated carbocycles. The number of carbonyl (C=O) groups excluding carboxylic acids is 1. The van der Waals surface area contributed by atoms with Gasteiger partial charge >= 0.3 is 0 Å². The standard InChI is InChI=1S/C10H10N2O/c1-7-3-5-12-6-4-11-10(12)9(7)8(2)13/h3-6H,1-2H3. The van der Waals surface area contributed by atoms with Crippen molar-refractivity contribution < 1.29 is 4.79 Å². The lowest BCUT2D eigenvalue weighted by molar-refractivity contribution is 0.101. The van der Waals surface area contributed by atoms with E-state index in [2.05, 4.69) is 4.98 Å². The third-order valence-corrected chi connectivity index (χ3v) is 2.12. The number of ketones is 1. The summed E-state index contributed by atoms with van der Waals surface area (Å²) in [6.07, 6.45) is 5.44. The van der Waals surface area contributed by atoms with Gasteiger partial charge in [0.2, 0.25) is 0 Å². The van der Waals surface area contributed by atoms with E-state index in [-0.39, 0.29) is 5.78 Å². The van der Waals surface area contributed by atoms with E-state index in [1.807, 2.05) is 29.8 Å². The van der Waals surface area contributed by atoms with Gasteiger partial charge in [-0.05, 0) is 25.5 Å². The SMILES string of the molecule is CC(=O)c1c(C)ccn2ccnc12. The van der Waals surface area contributed by atoms with Crippen molar-refractivity contribution in [2.75, 3.05) is 0 Å². The fourth-order valence-corrected chi connectivity index (χ4v) is 1.51. The Labute approximate surface area is 76.0 Å². The van der Waals surface area contributed by atoms with E-state index in [1.165, 1.54) is 0 Å². The van der Waals surface area contributed by atoms with Gasteiger partial charge < -0.3 is 4.40 Å². The fraction of sp³-hybridized carbons (Fsp3) is 0.200. The molecule has 0 bridgehead atoms. The molecule has 0 aromatic carbocycles. The van der Waals surface area contributed by atoms with E-state index in [1.54, 1.807) is 13.1 Å². The van der Waals surface area contributed by atoms with Gasteiger partial charge in [-0.15, -0.1) is 0 Å². The Kier molecular flexibility index (Phi) is 1.65. The summed E-state index contributed by atoms with van der Waals surface area (Å²) in [4.78, 5) is 15.5. The van der Waals surface area contributed by atoms with Gasteiger partial charge in [0.1, 0.15) is 5.65 Å². The molecule has 0 amide bonds. The van der Waals surface area contributed by atoms with Crippen LogP contribution in [0.4, 0.5) is 0 Å². The molecule has 2 aromatic rings. The van der Waals surface area contributed by atoms with Gasteiger partial charge in [0.05, 0.1) is 5.56 Å². The first-order valence-corrected chi connectivity index (χ1v) is 4.13. The molecule has 0 radical (unpaired) electrons. The van der Waals surface area contributed by atoms with Crippen molar-refractivity contribution in [3.05, 3.63) is 35.8 Å². The Hall–Kier alpha value is -1.64. The number of nitrogens with zero attached hydrogens (tertiary/aromatic N) is 2. The largest absolute Gasteiger partial charge is 0.306 e. The molecule has 0 spiro atoms. The van der Waals surface area contributed by atoms with Crippen LogP contribution in [0.1, 0.15) is 22.8 Å². The van der Waals surface area contributed by atoms with Crippen molar-refractivity contribution >= 4 is 11.4 Å². The van der Waals surface area contributed by atoms with Gasteiger partial charge in [0, 0.05) is 18.6 Å². The predicted octanol–water partition coefficient (Wildman–Crippen LogP) is 1.85. The summed E-state index contributed by atoms with van der Waals surface area (Å²) in [5.41, 5.74) is 2.44. The molecule has 0 aliphatic carbocycles. The summed E-state index contributed by atoms with van der Waals surface area (Å²) in [5.74, 6) is 0.0642. The number of carbonyl (C=O) groups is 1. The number of imidazole rings is 1. The van der Waals surface area contributed by atoms with E-state index < -0.39 is 0 Å². The average Bonchev–Trinajstić information content (AvgIpc) is 2.50. The summed E-state index contributed by atoms with van der Waals surface area (Å²) < 4.78 is 1.85. The molecule has 2 rings (SSSR count). The molecule has 2 heterocycles. The van der Waals surface area contributed by atoms with Crippen LogP contribution in [0.3, 0.4) is 0 Å². The molecule has 0 saturated heterocycles. The molecule has 0 aliphatic heterocycles. The van der Waals surface area contributed by atoms with Crippen molar-refractivity contribution in [1.82, 2.24) is 9.38 Å². The molecular weight excluding hydrogens is 164 g/mol. The first kappa shape index (κ1) is 7.98. The van der Waals surface area contributed by atoms with Gasteiger partial charge in [-0.2, -0.15) is 0 Å².